The third-order valence-electron chi connectivity index (χ3n) is 3.89. The molecule has 3 N–H and O–H groups in total. The SMILES string of the molecule is CCN(CC(=O)NC1CCCC1)Cc1cccc(N)c1. The molecule has 1 saturated carbocycles. The van der Waals surface area contributed by atoms with Crippen LogP contribution in [0.25, 0.3) is 0 Å². The van der Waals surface area contributed by atoms with E-state index in [1.807, 2.05) is 24.3 Å². The minimum absolute atomic E-state index is 0.141. The monoisotopic (exact) mass is 275 g/mol. The Bertz CT molecular complexity index is 441. The van der Waals surface area contributed by atoms with E-state index in [9.17, 15) is 4.79 Å². The predicted molar refractivity (Wildman–Crippen MR) is 82.2 cm³/mol. The van der Waals surface area contributed by atoms with Gasteiger partial charge in [0.15, 0.2) is 0 Å². The van der Waals surface area contributed by atoms with Gasteiger partial charge in [-0.05, 0) is 37.1 Å². The van der Waals surface area contributed by atoms with E-state index in [-0.39, 0.29) is 5.91 Å². The molecule has 0 bridgehead atoms. The molecule has 0 spiro atoms. The Hall–Kier alpha value is -1.55. The first-order valence-corrected chi connectivity index (χ1v) is 7.53. The summed E-state index contributed by atoms with van der Waals surface area (Å²) in [6, 6.07) is 8.25. The third kappa shape index (κ3) is 4.53. The number of likely N-dealkylation sites (N-methyl/N-ethyl adjacent to an activating group) is 1. The molecule has 0 heterocycles. The fourth-order valence-corrected chi connectivity index (χ4v) is 2.78. The summed E-state index contributed by atoms with van der Waals surface area (Å²) >= 11 is 0. The van der Waals surface area contributed by atoms with Gasteiger partial charge in [-0.2, -0.15) is 0 Å². The molecular weight excluding hydrogens is 250 g/mol. The number of hydrogen-bond acceptors (Lipinski definition) is 3. The molecule has 0 atom stereocenters. The molecule has 0 unspecified atom stereocenters. The van der Waals surface area contributed by atoms with Crippen LogP contribution in [0.1, 0.15) is 38.2 Å². The van der Waals surface area contributed by atoms with Crippen molar-refractivity contribution in [3.05, 3.63) is 29.8 Å². The van der Waals surface area contributed by atoms with Crippen LogP contribution in [0.2, 0.25) is 0 Å². The van der Waals surface area contributed by atoms with Gasteiger partial charge in [0.2, 0.25) is 5.91 Å². The zero-order valence-corrected chi connectivity index (χ0v) is 12.3. The van der Waals surface area contributed by atoms with Crippen LogP contribution in [0.15, 0.2) is 24.3 Å². The number of nitrogen functional groups attached to an aromatic ring is 1. The Labute approximate surface area is 121 Å². The molecule has 1 fully saturated rings. The number of nitrogens with zero attached hydrogens (tertiary/aromatic N) is 1. The van der Waals surface area contributed by atoms with Gasteiger partial charge in [0.25, 0.3) is 0 Å². The molecule has 1 aromatic rings. The maximum Gasteiger partial charge on any atom is 0.234 e. The highest BCUT2D eigenvalue weighted by Crippen LogP contribution is 2.17. The standard InChI is InChI=1S/C16H25N3O/c1-2-19(11-13-6-5-7-14(17)10-13)12-16(20)18-15-8-3-4-9-15/h5-7,10,15H,2-4,8-9,11-12,17H2,1H3,(H,18,20). The van der Waals surface area contributed by atoms with Crippen molar-refractivity contribution < 1.29 is 4.79 Å². The first-order valence-electron chi connectivity index (χ1n) is 7.53. The van der Waals surface area contributed by atoms with Gasteiger partial charge in [0.05, 0.1) is 6.54 Å². The lowest BCUT2D eigenvalue weighted by Crippen LogP contribution is -2.40. The second-order valence-electron chi connectivity index (χ2n) is 5.60. The lowest BCUT2D eigenvalue weighted by molar-refractivity contribution is -0.123. The van der Waals surface area contributed by atoms with Crippen molar-refractivity contribution in [2.45, 2.75) is 45.2 Å². The fourth-order valence-electron chi connectivity index (χ4n) is 2.78. The average molecular weight is 275 g/mol. The van der Waals surface area contributed by atoms with Crippen molar-refractivity contribution in [1.29, 1.82) is 0 Å². The Balaban J connectivity index is 1.83. The number of rotatable bonds is 6. The minimum Gasteiger partial charge on any atom is -0.399 e. The molecule has 110 valence electrons. The molecule has 1 aliphatic carbocycles. The molecule has 1 aromatic carbocycles. The molecular formula is C16H25N3O. The quantitative estimate of drug-likeness (QED) is 0.782. The average Bonchev–Trinajstić information content (AvgIpc) is 2.90. The number of benzene rings is 1. The van der Waals surface area contributed by atoms with Gasteiger partial charge in [-0.15, -0.1) is 0 Å². The van der Waals surface area contributed by atoms with Crippen LogP contribution in [0, 0.1) is 0 Å². The number of hydrogen-bond donors (Lipinski definition) is 2. The van der Waals surface area contributed by atoms with Gasteiger partial charge < -0.3 is 11.1 Å². The summed E-state index contributed by atoms with van der Waals surface area (Å²) < 4.78 is 0. The van der Waals surface area contributed by atoms with E-state index in [4.69, 9.17) is 5.73 Å². The number of carbonyl (C=O) groups excluding carboxylic acids is 1. The number of carbonyl (C=O) groups is 1. The summed E-state index contributed by atoms with van der Waals surface area (Å²) in [6.45, 7) is 4.16. The molecule has 20 heavy (non-hydrogen) atoms. The molecule has 4 heteroatoms. The summed E-state index contributed by atoms with van der Waals surface area (Å²) in [6.07, 6.45) is 4.75. The summed E-state index contributed by atoms with van der Waals surface area (Å²) in [4.78, 5) is 14.2. The van der Waals surface area contributed by atoms with E-state index in [1.54, 1.807) is 0 Å². The Morgan fingerprint density at radius 3 is 2.80 bits per heavy atom. The second kappa shape index (κ2) is 7.29. The number of amides is 1. The molecule has 2 rings (SSSR count). The first-order chi connectivity index (χ1) is 9.67. The van der Waals surface area contributed by atoms with Crippen molar-refractivity contribution in [3.63, 3.8) is 0 Å². The zero-order valence-electron chi connectivity index (χ0n) is 12.3. The van der Waals surface area contributed by atoms with Crippen molar-refractivity contribution in [1.82, 2.24) is 10.2 Å². The van der Waals surface area contributed by atoms with Crippen LogP contribution >= 0.6 is 0 Å². The lowest BCUT2D eigenvalue weighted by Gasteiger charge is -2.21. The normalized spacial score (nSPS) is 15.7. The molecule has 0 aromatic heterocycles. The molecule has 0 aliphatic heterocycles. The van der Waals surface area contributed by atoms with E-state index >= 15 is 0 Å². The highest BCUT2D eigenvalue weighted by atomic mass is 16.2. The lowest BCUT2D eigenvalue weighted by atomic mass is 10.2. The summed E-state index contributed by atoms with van der Waals surface area (Å²) in [7, 11) is 0. The molecule has 1 aliphatic rings. The zero-order chi connectivity index (χ0) is 14.4. The predicted octanol–water partition coefficient (Wildman–Crippen LogP) is 2.15. The molecule has 4 nitrogen and oxygen atoms in total. The number of nitrogens with one attached hydrogen (secondary N) is 1. The summed E-state index contributed by atoms with van der Waals surface area (Å²) in [5.41, 5.74) is 7.71. The summed E-state index contributed by atoms with van der Waals surface area (Å²) in [5, 5.41) is 3.14. The number of nitrogens with two attached hydrogens (primary N) is 1. The van der Waals surface area contributed by atoms with Crippen LogP contribution in [0.3, 0.4) is 0 Å². The maximum atomic E-state index is 12.0. The van der Waals surface area contributed by atoms with Crippen LogP contribution in [0.5, 0.6) is 0 Å². The first kappa shape index (κ1) is 14.9. The Morgan fingerprint density at radius 2 is 2.15 bits per heavy atom. The van der Waals surface area contributed by atoms with Crippen LogP contribution in [-0.4, -0.2) is 29.9 Å². The van der Waals surface area contributed by atoms with E-state index in [0.29, 0.717) is 12.6 Å². The van der Waals surface area contributed by atoms with Crippen molar-refractivity contribution in [2.24, 2.45) is 0 Å². The third-order valence-corrected chi connectivity index (χ3v) is 3.89. The van der Waals surface area contributed by atoms with Crippen molar-refractivity contribution >= 4 is 11.6 Å². The van der Waals surface area contributed by atoms with Crippen LogP contribution < -0.4 is 11.1 Å². The summed E-state index contributed by atoms with van der Waals surface area (Å²) in [5.74, 6) is 0.141. The van der Waals surface area contributed by atoms with Gasteiger partial charge in [0.1, 0.15) is 0 Å². The van der Waals surface area contributed by atoms with Gasteiger partial charge in [-0.3, -0.25) is 9.69 Å². The fraction of sp³-hybridized carbons (Fsp3) is 0.562. The largest absolute Gasteiger partial charge is 0.399 e. The number of anilines is 1. The van der Waals surface area contributed by atoms with Gasteiger partial charge in [-0.25, -0.2) is 0 Å². The van der Waals surface area contributed by atoms with Crippen molar-refractivity contribution in [3.8, 4) is 0 Å². The van der Waals surface area contributed by atoms with Gasteiger partial charge >= 0.3 is 0 Å². The second-order valence-corrected chi connectivity index (χ2v) is 5.60. The molecule has 0 radical (unpaired) electrons. The van der Waals surface area contributed by atoms with E-state index in [0.717, 1.165) is 37.2 Å². The van der Waals surface area contributed by atoms with Crippen LogP contribution in [-0.2, 0) is 11.3 Å². The maximum absolute atomic E-state index is 12.0. The van der Waals surface area contributed by atoms with E-state index < -0.39 is 0 Å². The van der Waals surface area contributed by atoms with Crippen molar-refractivity contribution in [2.75, 3.05) is 18.8 Å². The van der Waals surface area contributed by atoms with E-state index in [1.165, 1.54) is 12.8 Å². The van der Waals surface area contributed by atoms with E-state index in [2.05, 4.69) is 17.1 Å². The smallest absolute Gasteiger partial charge is 0.234 e. The highest BCUT2D eigenvalue weighted by molar-refractivity contribution is 5.78. The molecule has 1 amide bonds. The van der Waals surface area contributed by atoms with Crippen LogP contribution in [0.4, 0.5) is 5.69 Å². The van der Waals surface area contributed by atoms with Gasteiger partial charge in [0, 0.05) is 18.3 Å². The highest BCUT2D eigenvalue weighted by Gasteiger charge is 2.18. The topological polar surface area (TPSA) is 58.4 Å². The van der Waals surface area contributed by atoms with Gasteiger partial charge in [-0.1, -0.05) is 31.9 Å². The Morgan fingerprint density at radius 1 is 1.40 bits per heavy atom. The Kier molecular flexibility index (Phi) is 5.41. The minimum atomic E-state index is 0.141. The molecule has 0 saturated heterocycles.